The largest absolute Gasteiger partial charge is 0.473 e. The highest BCUT2D eigenvalue weighted by Crippen LogP contribution is 2.32. The van der Waals surface area contributed by atoms with Crippen molar-refractivity contribution in [1.29, 1.82) is 0 Å². The summed E-state index contributed by atoms with van der Waals surface area (Å²) in [6.07, 6.45) is -4.44. The second-order valence-electron chi connectivity index (χ2n) is 7.45. The average Bonchev–Trinajstić information content (AvgIpc) is 2.81. The number of benzene rings is 2. The minimum Gasteiger partial charge on any atom is -0.473 e. The third-order valence-electron chi connectivity index (χ3n) is 5.13. The Labute approximate surface area is 188 Å². The molecule has 0 aliphatic carbocycles. The number of alkyl halides is 3. The fourth-order valence-electron chi connectivity index (χ4n) is 3.36. The molecule has 0 amide bonds. The van der Waals surface area contributed by atoms with E-state index >= 15 is 0 Å². The lowest BCUT2D eigenvalue weighted by molar-refractivity contribution is -0.137. The van der Waals surface area contributed by atoms with E-state index in [1.165, 1.54) is 16.7 Å². The zero-order valence-electron chi connectivity index (χ0n) is 17.8. The number of rotatable bonds is 6. The van der Waals surface area contributed by atoms with Crippen molar-refractivity contribution in [3.8, 4) is 17.4 Å². The minimum atomic E-state index is -4.44. The summed E-state index contributed by atoms with van der Waals surface area (Å²) in [5, 5.41) is 0. The molecule has 0 radical (unpaired) electrons. The van der Waals surface area contributed by atoms with Gasteiger partial charge in [-0.25, -0.2) is 4.79 Å². The minimum absolute atomic E-state index is 0.0915. The molecule has 1 saturated heterocycles. The molecule has 174 valence electrons. The SMILES string of the molecule is Cn1c(N2CCOCC2)cc(OCc2ccc(Oc3cccc(C(F)(F)F)c3)cc2)nc1=O. The first-order valence-corrected chi connectivity index (χ1v) is 10.3. The van der Waals surface area contributed by atoms with Gasteiger partial charge in [0, 0.05) is 26.2 Å². The van der Waals surface area contributed by atoms with Crippen LogP contribution in [0, 0.1) is 0 Å². The van der Waals surface area contributed by atoms with E-state index in [1.54, 1.807) is 37.4 Å². The molecule has 0 bridgehead atoms. The molecule has 1 aliphatic heterocycles. The maximum Gasteiger partial charge on any atom is 0.416 e. The molecule has 0 spiro atoms. The van der Waals surface area contributed by atoms with Crippen LogP contribution in [-0.4, -0.2) is 35.9 Å². The Morgan fingerprint density at radius 3 is 2.45 bits per heavy atom. The smallest absolute Gasteiger partial charge is 0.416 e. The standard InChI is InChI=1S/C23H22F3N3O4/c1-28-21(29-9-11-31-12-10-29)14-20(27-22(28)30)32-15-16-5-7-18(8-6-16)33-19-4-2-3-17(13-19)23(24,25)26/h2-8,13-14H,9-12,15H2,1H3. The number of aromatic nitrogens is 2. The van der Waals surface area contributed by atoms with Gasteiger partial charge in [0.25, 0.3) is 0 Å². The Bertz CT molecular complexity index is 1160. The van der Waals surface area contributed by atoms with E-state index in [1.807, 2.05) is 4.90 Å². The molecule has 1 aromatic heterocycles. The van der Waals surface area contributed by atoms with Crippen LogP contribution in [0.4, 0.5) is 19.0 Å². The number of morpholine rings is 1. The summed E-state index contributed by atoms with van der Waals surface area (Å²) in [5.74, 6) is 1.40. The summed E-state index contributed by atoms with van der Waals surface area (Å²) in [4.78, 5) is 18.2. The van der Waals surface area contributed by atoms with Gasteiger partial charge in [-0.3, -0.25) is 4.57 Å². The third-order valence-corrected chi connectivity index (χ3v) is 5.13. The highest BCUT2D eigenvalue weighted by atomic mass is 19.4. The predicted octanol–water partition coefficient (Wildman–Crippen LogP) is 4.01. The van der Waals surface area contributed by atoms with Crippen LogP contribution in [0.15, 0.2) is 59.4 Å². The van der Waals surface area contributed by atoms with Crippen molar-refractivity contribution in [1.82, 2.24) is 9.55 Å². The molecule has 10 heteroatoms. The van der Waals surface area contributed by atoms with E-state index in [4.69, 9.17) is 14.2 Å². The van der Waals surface area contributed by atoms with Gasteiger partial charge in [-0.1, -0.05) is 18.2 Å². The maximum absolute atomic E-state index is 12.9. The molecule has 33 heavy (non-hydrogen) atoms. The number of halogens is 3. The summed E-state index contributed by atoms with van der Waals surface area (Å²) in [6.45, 7) is 2.67. The quantitative estimate of drug-likeness (QED) is 0.553. The van der Waals surface area contributed by atoms with E-state index in [-0.39, 0.29) is 18.2 Å². The summed E-state index contributed by atoms with van der Waals surface area (Å²) < 4.78 is 56.7. The van der Waals surface area contributed by atoms with Gasteiger partial charge in [-0.05, 0) is 35.9 Å². The van der Waals surface area contributed by atoms with Crippen molar-refractivity contribution in [3.05, 3.63) is 76.2 Å². The van der Waals surface area contributed by atoms with E-state index in [9.17, 15) is 18.0 Å². The van der Waals surface area contributed by atoms with Gasteiger partial charge in [0.2, 0.25) is 5.88 Å². The number of anilines is 1. The van der Waals surface area contributed by atoms with Gasteiger partial charge in [0.15, 0.2) is 0 Å². The van der Waals surface area contributed by atoms with Crippen LogP contribution in [0.2, 0.25) is 0 Å². The summed E-state index contributed by atoms with van der Waals surface area (Å²) in [7, 11) is 1.66. The van der Waals surface area contributed by atoms with Gasteiger partial charge >= 0.3 is 11.9 Å². The van der Waals surface area contributed by atoms with Crippen LogP contribution in [-0.2, 0) is 24.6 Å². The molecule has 2 aromatic carbocycles. The Hall–Kier alpha value is -3.53. The molecule has 7 nitrogen and oxygen atoms in total. The highest BCUT2D eigenvalue weighted by Gasteiger charge is 2.30. The van der Waals surface area contributed by atoms with E-state index < -0.39 is 17.4 Å². The first kappa shape index (κ1) is 22.7. The zero-order valence-corrected chi connectivity index (χ0v) is 17.8. The van der Waals surface area contributed by atoms with Crippen molar-refractivity contribution in [2.24, 2.45) is 7.05 Å². The molecule has 2 heterocycles. The molecule has 0 saturated carbocycles. The summed E-state index contributed by atoms with van der Waals surface area (Å²) in [6, 6.07) is 13.1. The molecular weight excluding hydrogens is 439 g/mol. The number of hydrogen-bond donors (Lipinski definition) is 0. The summed E-state index contributed by atoms with van der Waals surface area (Å²) in [5.41, 5.74) is -0.413. The monoisotopic (exact) mass is 461 g/mol. The topological polar surface area (TPSA) is 65.8 Å². The first-order chi connectivity index (χ1) is 15.8. The van der Waals surface area contributed by atoms with Crippen molar-refractivity contribution < 1.29 is 27.4 Å². The second kappa shape index (κ2) is 9.53. The Kier molecular flexibility index (Phi) is 6.55. The van der Waals surface area contributed by atoms with Crippen LogP contribution in [0.1, 0.15) is 11.1 Å². The molecule has 0 N–H and O–H groups in total. The lowest BCUT2D eigenvalue weighted by Gasteiger charge is -2.29. The average molecular weight is 461 g/mol. The van der Waals surface area contributed by atoms with Gasteiger partial charge in [0.05, 0.1) is 18.8 Å². The Balaban J connectivity index is 1.41. The number of ether oxygens (including phenoxy) is 3. The van der Waals surface area contributed by atoms with Crippen LogP contribution < -0.4 is 20.1 Å². The third kappa shape index (κ3) is 5.64. The van der Waals surface area contributed by atoms with Crippen LogP contribution in [0.25, 0.3) is 0 Å². The van der Waals surface area contributed by atoms with Gasteiger partial charge in [-0.2, -0.15) is 18.2 Å². The van der Waals surface area contributed by atoms with Crippen LogP contribution >= 0.6 is 0 Å². The predicted molar refractivity (Wildman–Crippen MR) is 115 cm³/mol. The Morgan fingerprint density at radius 1 is 1.03 bits per heavy atom. The Morgan fingerprint density at radius 2 is 1.76 bits per heavy atom. The van der Waals surface area contributed by atoms with Crippen molar-refractivity contribution in [3.63, 3.8) is 0 Å². The molecule has 1 aliphatic rings. The van der Waals surface area contributed by atoms with Crippen molar-refractivity contribution in [2.45, 2.75) is 12.8 Å². The van der Waals surface area contributed by atoms with Crippen molar-refractivity contribution in [2.75, 3.05) is 31.2 Å². The molecule has 0 unspecified atom stereocenters. The van der Waals surface area contributed by atoms with E-state index in [0.29, 0.717) is 37.9 Å². The van der Waals surface area contributed by atoms with Crippen molar-refractivity contribution >= 4 is 5.82 Å². The molecule has 4 rings (SSSR count). The number of nitrogens with zero attached hydrogens (tertiary/aromatic N) is 3. The molecule has 3 aromatic rings. The van der Waals surface area contributed by atoms with Gasteiger partial charge in [-0.15, -0.1) is 0 Å². The normalized spacial score (nSPS) is 14.2. The van der Waals surface area contributed by atoms with Crippen LogP contribution in [0.3, 0.4) is 0 Å². The maximum atomic E-state index is 12.9. The van der Waals surface area contributed by atoms with Gasteiger partial charge in [0.1, 0.15) is 23.9 Å². The van der Waals surface area contributed by atoms with E-state index in [0.717, 1.165) is 17.7 Å². The fraction of sp³-hybridized carbons (Fsp3) is 0.304. The van der Waals surface area contributed by atoms with E-state index in [2.05, 4.69) is 4.98 Å². The lowest BCUT2D eigenvalue weighted by Crippen LogP contribution is -2.39. The lowest BCUT2D eigenvalue weighted by atomic mass is 10.2. The molecule has 1 fully saturated rings. The molecular formula is C23H22F3N3O4. The fourth-order valence-corrected chi connectivity index (χ4v) is 3.36. The number of hydrogen-bond acceptors (Lipinski definition) is 6. The summed E-state index contributed by atoms with van der Waals surface area (Å²) >= 11 is 0. The first-order valence-electron chi connectivity index (χ1n) is 10.3. The van der Waals surface area contributed by atoms with Gasteiger partial charge < -0.3 is 19.1 Å². The zero-order chi connectivity index (χ0) is 23.4. The second-order valence-corrected chi connectivity index (χ2v) is 7.45. The highest BCUT2D eigenvalue weighted by molar-refractivity contribution is 5.42. The van der Waals surface area contributed by atoms with Crippen LogP contribution in [0.5, 0.6) is 17.4 Å². The molecule has 0 atom stereocenters.